The molecule has 0 saturated carbocycles. The van der Waals surface area contributed by atoms with Gasteiger partial charge in [-0.25, -0.2) is 4.98 Å². The fraction of sp³-hybridized carbons (Fsp3) is 0.417. The molecule has 0 fully saturated rings. The Hall–Kier alpha value is -1.13. The van der Waals surface area contributed by atoms with E-state index in [1.165, 1.54) is 4.88 Å². The molecule has 0 spiro atoms. The monoisotopic (exact) mass is 235 g/mol. The Morgan fingerprint density at radius 3 is 3.00 bits per heavy atom. The lowest BCUT2D eigenvalue weighted by atomic mass is 10.2. The second-order valence-electron chi connectivity index (χ2n) is 3.82. The van der Waals surface area contributed by atoms with E-state index < -0.39 is 0 Å². The molecule has 0 bridgehead atoms. The zero-order valence-corrected chi connectivity index (χ0v) is 10.5. The first-order valence-corrected chi connectivity index (χ1v) is 6.42. The van der Waals surface area contributed by atoms with Gasteiger partial charge in [0.2, 0.25) is 0 Å². The Kier molecular flexibility index (Phi) is 3.74. The summed E-state index contributed by atoms with van der Waals surface area (Å²) >= 11 is 1.79. The highest BCUT2D eigenvalue weighted by Gasteiger charge is 2.12. The van der Waals surface area contributed by atoms with Crippen LogP contribution in [-0.2, 0) is 13.6 Å². The average molecular weight is 235 g/mol. The number of nitrogens with zero attached hydrogens (tertiary/aromatic N) is 2. The van der Waals surface area contributed by atoms with Gasteiger partial charge in [-0.2, -0.15) is 0 Å². The van der Waals surface area contributed by atoms with E-state index in [-0.39, 0.29) is 0 Å². The molecule has 0 amide bonds. The van der Waals surface area contributed by atoms with Crippen molar-refractivity contribution in [3.63, 3.8) is 0 Å². The maximum Gasteiger partial charge on any atom is 0.125 e. The van der Waals surface area contributed by atoms with Crippen molar-refractivity contribution >= 4 is 11.3 Å². The van der Waals surface area contributed by atoms with Crippen LogP contribution in [0.1, 0.15) is 30.1 Å². The first kappa shape index (κ1) is 11.4. The van der Waals surface area contributed by atoms with E-state index in [0.29, 0.717) is 6.04 Å². The molecule has 3 nitrogen and oxygen atoms in total. The summed E-state index contributed by atoms with van der Waals surface area (Å²) in [6.07, 6.45) is 4.89. The molecule has 4 heteroatoms. The molecular weight excluding hydrogens is 218 g/mol. The topological polar surface area (TPSA) is 29.9 Å². The first-order valence-electron chi connectivity index (χ1n) is 5.54. The van der Waals surface area contributed by atoms with Gasteiger partial charge < -0.3 is 9.88 Å². The Bertz CT molecular complexity index is 419. The Morgan fingerprint density at radius 2 is 2.44 bits per heavy atom. The second-order valence-corrected chi connectivity index (χ2v) is 4.85. The lowest BCUT2D eigenvalue weighted by molar-refractivity contribution is 0.483. The molecule has 2 heterocycles. The number of hydrogen-bond donors (Lipinski definition) is 1. The van der Waals surface area contributed by atoms with Crippen LogP contribution in [-0.4, -0.2) is 9.55 Å². The van der Waals surface area contributed by atoms with Gasteiger partial charge in [0.15, 0.2) is 0 Å². The number of aryl methyl sites for hydroxylation is 1. The van der Waals surface area contributed by atoms with Gasteiger partial charge in [-0.3, -0.25) is 0 Å². The van der Waals surface area contributed by atoms with Crippen LogP contribution in [0, 0.1) is 0 Å². The molecule has 2 aromatic heterocycles. The molecule has 2 aromatic rings. The number of hydrogen-bond acceptors (Lipinski definition) is 3. The lowest BCUT2D eigenvalue weighted by Crippen LogP contribution is -2.22. The number of thiophene rings is 1. The van der Waals surface area contributed by atoms with Crippen molar-refractivity contribution in [2.75, 3.05) is 0 Å². The summed E-state index contributed by atoms with van der Waals surface area (Å²) in [5.74, 6) is 1.11. The van der Waals surface area contributed by atoms with Gasteiger partial charge in [0.05, 0.1) is 6.04 Å². The lowest BCUT2D eigenvalue weighted by Gasteiger charge is -2.16. The molecule has 16 heavy (non-hydrogen) atoms. The van der Waals surface area contributed by atoms with Gasteiger partial charge in [0.1, 0.15) is 5.82 Å². The summed E-state index contributed by atoms with van der Waals surface area (Å²) in [5, 5.41) is 5.65. The molecule has 0 aromatic carbocycles. The predicted molar refractivity (Wildman–Crippen MR) is 67.4 cm³/mol. The van der Waals surface area contributed by atoms with Gasteiger partial charge in [0, 0.05) is 30.9 Å². The first-order chi connectivity index (χ1) is 7.81. The quantitative estimate of drug-likeness (QED) is 0.863. The maximum absolute atomic E-state index is 4.39. The molecule has 0 aliphatic heterocycles. The van der Waals surface area contributed by atoms with Gasteiger partial charge in [-0.1, -0.05) is 13.0 Å². The molecule has 1 N–H and O–H groups in total. The highest BCUT2D eigenvalue weighted by atomic mass is 32.1. The minimum absolute atomic E-state index is 0.335. The fourth-order valence-electron chi connectivity index (χ4n) is 1.77. The highest BCUT2D eigenvalue weighted by Crippen LogP contribution is 2.16. The van der Waals surface area contributed by atoms with Crippen molar-refractivity contribution in [2.24, 2.45) is 7.05 Å². The van der Waals surface area contributed by atoms with Gasteiger partial charge in [-0.05, 0) is 17.9 Å². The van der Waals surface area contributed by atoms with Crippen LogP contribution in [0.5, 0.6) is 0 Å². The molecule has 0 aliphatic carbocycles. The Balaban J connectivity index is 1.99. The minimum atomic E-state index is 0.335. The predicted octanol–water partition coefficient (Wildman–Crippen LogP) is 2.72. The average Bonchev–Trinajstić information content (AvgIpc) is 2.92. The summed E-state index contributed by atoms with van der Waals surface area (Å²) in [6, 6.07) is 4.58. The zero-order chi connectivity index (χ0) is 11.4. The van der Waals surface area contributed by atoms with E-state index in [2.05, 4.69) is 39.3 Å². The van der Waals surface area contributed by atoms with Crippen LogP contribution in [0.4, 0.5) is 0 Å². The third kappa shape index (κ3) is 2.51. The van der Waals surface area contributed by atoms with Crippen molar-refractivity contribution in [2.45, 2.75) is 25.9 Å². The Morgan fingerprint density at radius 1 is 1.56 bits per heavy atom. The standard InChI is InChI=1S/C12H17N3S/c1-3-11(12-13-6-7-15(12)2)14-9-10-5-4-8-16-10/h4-8,11,14H,3,9H2,1-2H3. The van der Waals surface area contributed by atoms with E-state index in [1.54, 1.807) is 11.3 Å². The SMILES string of the molecule is CCC(NCc1cccs1)c1nccn1C. The molecule has 0 aliphatic rings. The van der Waals surface area contributed by atoms with Crippen LogP contribution in [0.15, 0.2) is 29.9 Å². The molecule has 0 radical (unpaired) electrons. The van der Waals surface area contributed by atoms with Gasteiger partial charge in [0.25, 0.3) is 0 Å². The van der Waals surface area contributed by atoms with E-state index in [0.717, 1.165) is 18.8 Å². The second kappa shape index (κ2) is 5.27. The number of aromatic nitrogens is 2. The fourth-order valence-corrected chi connectivity index (χ4v) is 2.42. The summed E-state index contributed by atoms with van der Waals surface area (Å²) in [6.45, 7) is 3.10. The summed E-state index contributed by atoms with van der Waals surface area (Å²) in [5.41, 5.74) is 0. The van der Waals surface area contributed by atoms with Crippen molar-refractivity contribution in [3.8, 4) is 0 Å². The smallest absolute Gasteiger partial charge is 0.125 e. The van der Waals surface area contributed by atoms with Crippen LogP contribution in [0.2, 0.25) is 0 Å². The van der Waals surface area contributed by atoms with E-state index in [4.69, 9.17) is 0 Å². The third-order valence-corrected chi connectivity index (χ3v) is 3.56. The van der Waals surface area contributed by atoms with Crippen LogP contribution < -0.4 is 5.32 Å². The number of rotatable bonds is 5. The normalized spacial score (nSPS) is 12.9. The third-order valence-electron chi connectivity index (χ3n) is 2.68. The molecule has 2 rings (SSSR count). The molecule has 1 unspecified atom stereocenters. The molecule has 86 valence electrons. The van der Waals surface area contributed by atoms with Crippen molar-refractivity contribution in [1.82, 2.24) is 14.9 Å². The maximum atomic E-state index is 4.39. The highest BCUT2D eigenvalue weighted by molar-refractivity contribution is 7.09. The number of imidazole rings is 1. The van der Waals surface area contributed by atoms with Gasteiger partial charge >= 0.3 is 0 Å². The summed E-state index contributed by atoms with van der Waals surface area (Å²) < 4.78 is 2.08. The van der Waals surface area contributed by atoms with Crippen molar-refractivity contribution in [3.05, 3.63) is 40.6 Å². The zero-order valence-electron chi connectivity index (χ0n) is 9.68. The molecule has 0 saturated heterocycles. The molecule has 1 atom stereocenters. The van der Waals surface area contributed by atoms with Crippen LogP contribution >= 0.6 is 11.3 Å². The van der Waals surface area contributed by atoms with Crippen molar-refractivity contribution in [1.29, 1.82) is 0 Å². The van der Waals surface area contributed by atoms with E-state index >= 15 is 0 Å². The summed E-state index contributed by atoms with van der Waals surface area (Å²) in [7, 11) is 2.04. The van der Waals surface area contributed by atoms with Crippen molar-refractivity contribution < 1.29 is 0 Å². The number of nitrogens with one attached hydrogen (secondary N) is 1. The van der Waals surface area contributed by atoms with Gasteiger partial charge in [-0.15, -0.1) is 11.3 Å². The minimum Gasteiger partial charge on any atom is -0.337 e. The largest absolute Gasteiger partial charge is 0.337 e. The van der Waals surface area contributed by atoms with E-state index in [1.807, 2.05) is 19.4 Å². The summed E-state index contributed by atoms with van der Waals surface area (Å²) in [4.78, 5) is 5.76. The van der Waals surface area contributed by atoms with E-state index in [9.17, 15) is 0 Å². The van der Waals surface area contributed by atoms with Crippen LogP contribution in [0.25, 0.3) is 0 Å². The Labute approximate surface area is 100 Å². The van der Waals surface area contributed by atoms with Crippen LogP contribution in [0.3, 0.4) is 0 Å². The molecular formula is C12H17N3S.